The molecule has 1 heterocycles. The molecule has 0 unspecified atom stereocenters. The number of piperazine rings is 1. The Morgan fingerprint density at radius 3 is 2.34 bits per heavy atom. The van der Waals surface area contributed by atoms with E-state index in [0.29, 0.717) is 44.1 Å². The van der Waals surface area contributed by atoms with Crippen LogP contribution < -0.4 is 14.4 Å². The lowest BCUT2D eigenvalue weighted by atomic mass is 10.1. The lowest BCUT2D eigenvalue weighted by Gasteiger charge is -2.36. The highest BCUT2D eigenvalue weighted by molar-refractivity contribution is 5.92. The molecular weight excluding hydrogens is 415 g/mol. The summed E-state index contributed by atoms with van der Waals surface area (Å²) in [5.41, 5.74) is 1.92. The minimum atomic E-state index is -0.616. The number of allylic oxidation sites excluding steroid dienone is 1. The van der Waals surface area contributed by atoms with Crippen LogP contribution in [0.3, 0.4) is 0 Å². The van der Waals surface area contributed by atoms with Gasteiger partial charge in [0.1, 0.15) is 5.82 Å². The van der Waals surface area contributed by atoms with Gasteiger partial charge < -0.3 is 24.0 Å². The number of methoxy groups -OCH3 is 2. The maximum absolute atomic E-state index is 13.1. The van der Waals surface area contributed by atoms with Gasteiger partial charge in [-0.2, -0.15) is 0 Å². The first kappa shape index (κ1) is 23.1. The zero-order chi connectivity index (χ0) is 23.1. The molecule has 2 aromatic rings. The zero-order valence-corrected chi connectivity index (χ0v) is 18.3. The highest BCUT2D eigenvalue weighted by Gasteiger charge is 2.23. The van der Waals surface area contributed by atoms with E-state index in [0.717, 1.165) is 11.3 Å². The first-order valence-corrected chi connectivity index (χ1v) is 10.3. The molecule has 0 aromatic heterocycles. The smallest absolute Gasteiger partial charge is 0.338 e. The van der Waals surface area contributed by atoms with Gasteiger partial charge in [-0.05, 0) is 42.8 Å². The third kappa shape index (κ3) is 5.38. The SMILES string of the molecule is C=CCc1cc(C(=O)OCC(=O)N2CCN(c3ccc(F)cc3)CC2)cc(OC)c1OC. The number of nitrogens with zero attached hydrogens (tertiary/aromatic N) is 2. The predicted molar refractivity (Wildman–Crippen MR) is 119 cm³/mol. The molecule has 1 aliphatic rings. The van der Waals surface area contributed by atoms with Gasteiger partial charge in [0.25, 0.3) is 5.91 Å². The third-order valence-electron chi connectivity index (χ3n) is 5.31. The van der Waals surface area contributed by atoms with E-state index in [2.05, 4.69) is 11.5 Å². The summed E-state index contributed by atoms with van der Waals surface area (Å²) in [7, 11) is 3.01. The lowest BCUT2D eigenvalue weighted by molar-refractivity contribution is -0.134. The fraction of sp³-hybridized carbons (Fsp3) is 0.333. The monoisotopic (exact) mass is 442 g/mol. The molecule has 1 aliphatic heterocycles. The quantitative estimate of drug-likeness (QED) is 0.462. The van der Waals surface area contributed by atoms with Crippen LogP contribution in [0.25, 0.3) is 0 Å². The van der Waals surface area contributed by atoms with Crippen molar-refractivity contribution in [3.8, 4) is 11.5 Å². The molecule has 0 atom stereocenters. The number of hydrogen-bond acceptors (Lipinski definition) is 6. The summed E-state index contributed by atoms with van der Waals surface area (Å²) < 4.78 is 29.1. The summed E-state index contributed by atoms with van der Waals surface area (Å²) in [6, 6.07) is 9.45. The van der Waals surface area contributed by atoms with Gasteiger partial charge in [-0.3, -0.25) is 4.79 Å². The van der Waals surface area contributed by atoms with Gasteiger partial charge in [0.05, 0.1) is 19.8 Å². The molecule has 0 saturated carbocycles. The van der Waals surface area contributed by atoms with Crippen LogP contribution in [0.15, 0.2) is 49.1 Å². The van der Waals surface area contributed by atoms with Crippen molar-refractivity contribution in [3.63, 3.8) is 0 Å². The maximum Gasteiger partial charge on any atom is 0.338 e. The van der Waals surface area contributed by atoms with E-state index < -0.39 is 5.97 Å². The van der Waals surface area contributed by atoms with Crippen LogP contribution in [-0.2, 0) is 16.0 Å². The highest BCUT2D eigenvalue weighted by Crippen LogP contribution is 2.33. The predicted octanol–water partition coefficient (Wildman–Crippen LogP) is 3.08. The summed E-state index contributed by atoms with van der Waals surface area (Å²) in [6.07, 6.45) is 2.18. The highest BCUT2D eigenvalue weighted by atomic mass is 19.1. The molecule has 0 bridgehead atoms. The minimum absolute atomic E-state index is 0.260. The van der Waals surface area contributed by atoms with Crippen molar-refractivity contribution in [1.29, 1.82) is 0 Å². The van der Waals surface area contributed by atoms with Crippen molar-refractivity contribution >= 4 is 17.6 Å². The van der Waals surface area contributed by atoms with Crippen LogP contribution in [0.5, 0.6) is 11.5 Å². The molecule has 0 spiro atoms. The standard InChI is InChI=1S/C24H27FN2O5/c1-4-5-17-14-18(15-21(30-2)23(17)31-3)24(29)32-16-22(28)27-12-10-26(11-13-27)20-8-6-19(25)7-9-20/h4,6-9,14-15H,1,5,10-13,16H2,2-3H3. The Labute approximate surface area is 187 Å². The van der Waals surface area contributed by atoms with Crippen LogP contribution in [0, 0.1) is 5.82 Å². The molecule has 170 valence electrons. The number of esters is 1. The number of amides is 1. The van der Waals surface area contributed by atoms with E-state index in [-0.39, 0.29) is 23.9 Å². The summed E-state index contributed by atoms with van der Waals surface area (Å²) in [5.74, 6) is -0.227. The largest absolute Gasteiger partial charge is 0.493 e. The Bertz CT molecular complexity index is 969. The molecule has 1 amide bonds. The average molecular weight is 442 g/mol. The van der Waals surface area contributed by atoms with Gasteiger partial charge in [-0.1, -0.05) is 6.08 Å². The first-order chi connectivity index (χ1) is 15.5. The second kappa shape index (κ2) is 10.7. The van der Waals surface area contributed by atoms with Crippen molar-refractivity contribution in [2.75, 3.05) is 51.9 Å². The van der Waals surface area contributed by atoms with Crippen molar-refractivity contribution in [2.45, 2.75) is 6.42 Å². The molecule has 32 heavy (non-hydrogen) atoms. The number of anilines is 1. The van der Waals surface area contributed by atoms with Crippen molar-refractivity contribution in [2.24, 2.45) is 0 Å². The normalized spacial score (nSPS) is 13.5. The Morgan fingerprint density at radius 2 is 1.75 bits per heavy atom. The molecule has 7 nitrogen and oxygen atoms in total. The van der Waals surface area contributed by atoms with Crippen molar-refractivity contribution < 1.29 is 28.2 Å². The number of hydrogen-bond donors (Lipinski definition) is 0. The maximum atomic E-state index is 13.1. The topological polar surface area (TPSA) is 68.3 Å². The van der Waals surface area contributed by atoms with E-state index in [1.165, 1.54) is 32.4 Å². The number of carbonyl (C=O) groups excluding carboxylic acids is 2. The van der Waals surface area contributed by atoms with Gasteiger partial charge >= 0.3 is 5.97 Å². The summed E-state index contributed by atoms with van der Waals surface area (Å²) in [5, 5.41) is 0. The first-order valence-electron chi connectivity index (χ1n) is 10.3. The lowest BCUT2D eigenvalue weighted by Crippen LogP contribution is -2.49. The number of rotatable bonds is 8. The number of halogens is 1. The molecule has 0 aliphatic carbocycles. The van der Waals surface area contributed by atoms with Gasteiger partial charge in [-0.25, -0.2) is 9.18 Å². The summed E-state index contributed by atoms with van der Waals surface area (Å²) >= 11 is 0. The zero-order valence-electron chi connectivity index (χ0n) is 18.3. The van der Waals surface area contributed by atoms with Gasteiger partial charge in [0.2, 0.25) is 0 Å². The van der Waals surface area contributed by atoms with Crippen LogP contribution in [0.2, 0.25) is 0 Å². The summed E-state index contributed by atoms with van der Waals surface area (Å²) in [4.78, 5) is 28.8. The third-order valence-corrected chi connectivity index (χ3v) is 5.31. The van der Waals surface area contributed by atoms with Crippen LogP contribution in [0.4, 0.5) is 10.1 Å². The van der Waals surface area contributed by atoms with E-state index >= 15 is 0 Å². The second-order valence-electron chi connectivity index (χ2n) is 7.28. The molecule has 0 N–H and O–H groups in total. The van der Waals surface area contributed by atoms with Crippen LogP contribution >= 0.6 is 0 Å². The minimum Gasteiger partial charge on any atom is -0.493 e. The van der Waals surface area contributed by atoms with Gasteiger partial charge in [0.15, 0.2) is 18.1 Å². The number of carbonyl (C=O) groups is 2. The van der Waals surface area contributed by atoms with Crippen molar-refractivity contribution in [3.05, 3.63) is 66.0 Å². The van der Waals surface area contributed by atoms with E-state index in [9.17, 15) is 14.0 Å². The molecule has 0 radical (unpaired) electrons. The second-order valence-corrected chi connectivity index (χ2v) is 7.28. The number of benzene rings is 2. The summed E-state index contributed by atoms with van der Waals surface area (Å²) in [6.45, 7) is 5.59. The Hall–Kier alpha value is -3.55. The molecule has 8 heteroatoms. The number of ether oxygens (including phenoxy) is 3. The Balaban J connectivity index is 1.57. The van der Waals surface area contributed by atoms with Crippen LogP contribution in [-0.4, -0.2) is 63.8 Å². The Morgan fingerprint density at radius 1 is 1.06 bits per heavy atom. The van der Waals surface area contributed by atoms with Crippen LogP contribution in [0.1, 0.15) is 15.9 Å². The van der Waals surface area contributed by atoms with E-state index in [1.54, 1.807) is 29.2 Å². The fourth-order valence-corrected chi connectivity index (χ4v) is 3.64. The molecule has 3 rings (SSSR count). The molecule has 2 aromatic carbocycles. The molecule has 1 fully saturated rings. The average Bonchev–Trinajstić information content (AvgIpc) is 2.82. The molecular formula is C24H27FN2O5. The van der Waals surface area contributed by atoms with Gasteiger partial charge in [-0.15, -0.1) is 6.58 Å². The Kier molecular flexibility index (Phi) is 7.70. The molecule has 1 saturated heterocycles. The van der Waals surface area contributed by atoms with Gasteiger partial charge in [0, 0.05) is 37.4 Å². The van der Waals surface area contributed by atoms with Crippen molar-refractivity contribution in [1.82, 2.24) is 4.90 Å². The fourth-order valence-electron chi connectivity index (χ4n) is 3.64. The van der Waals surface area contributed by atoms with E-state index in [1.807, 2.05) is 0 Å². The van der Waals surface area contributed by atoms with E-state index in [4.69, 9.17) is 14.2 Å².